The largest absolute Gasteiger partial charge is 0.299 e. The fourth-order valence-electron chi connectivity index (χ4n) is 3.50. The van der Waals surface area contributed by atoms with E-state index in [1.165, 1.54) is 49.7 Å². The minimum absolute atomic E-state index is 0.402. The highest BCUT2D eigenvalue weighted by Crippen LogP contribution is 2.45. The molecule has 0 amide bonds. The molecule has 0 aromatic rings. The minimum Gasteiger partial charge on any atom is -0.299 e. The first-order chi connectivity index (χ1) is 10.5. The third kappa shape index (κ3) is 4.19. The fraction of sp³-hybridized carbons (Fsp3) is 0.476. The molecule has 0 unspecified atom stereocenters. The monoisotopic (exact) mass is 296 g/mol. The van der Waals surface area contributed by atoms with Crippen LogP contribution in [0.5, 0.6) is 0 Å². The van der Waals surface area contributed by atoms with Gasteiger partial charge in [-0.2, -0.15) is 0 Å². The van der Waals surface area contributed by atoms with Gasteiger partial charge in [0, 0.05) is 0 Å². The molecule has 2 rings (SSSR count). The van der Waals surface area contributed by atoms with Crippen LogP contribution in [0.2, 0.25) is 0 Å². The Hall–Kier alpha value is -1.63. The van der Waals surface area contributed by atoms with Gasteiger partial charge < -0.3 is 0 Å². The molecule has 0 bridgehead atoms. The number of hydrogen-bond donors (Lipinski definition) is 0. The number of fused-ring (bicyclic) bond motifs is 1. The molecule has 0 heterocycles. The van der Waals surface area contributed by atoms with Crippen LogP contribution in [0.1, 0.15) is 59.3 Å². The summed E-state index contributed by atoms with van der Waals surface area (Å²) in [6.07, 6.45) is 21.2. The van der Waals surface area contributed by atoms with Crippen molar-refractivity contribution in [1.82, 2.24) is 0 Å². The van der Waals surface area contributed by atoms with E-state index >= 15 is 0 Å². The van der Waals surface area contributed by atoms with E-state index in [9.17, 15) is 4.79 Å². The Morgan fingerprint density at radius 3 is 2.73 bits per heavy atom. The Kier molecular flexibility index (Phi) is 5.76. The number of allylic oxidation sites excluding steroid dienone is 10. The minimum atomic E-state index is 0.402. The van der Waals surface area contributed by atoms with Gasteiger partial charge in [0.05, 0.1) is 0 Å². The van der Waals surface area contributed by atoms with Crippen molar-refractivity contribution in [3.05, 3.63) is 58.7 Å². The van der Waals surface area contributed by atoms with Crippen molar-refractivity contribution in [2.24, 2.45) is 5.41 Å². The Morgan fingerprint density at radius 2 is 1.95 bits per heavy atom. The standard InChI is InChI=1S/C21H28O/c1-17(12-15-22)8-6-9-18(2)19-10-7-14-21(3)13-5-4-11-20(21)16-19/h6,8-9,11-12,15-16H,4-5,7,10,13-14H2,1-3H3/b8-6+,17-12+,18-9+/t21-/m1/s1. The van der Waals surface area contributed by atoms with Crippen LogP contribution in [0.4, 0.5) is 0 Å². The van der Waals surface area contributed by atoms with Gasteiger partial charge in [-0.25, -0.2) is 0 Å². The quantitative estimate of drug-likeness (QED) is 0.361. The number of aldehydes is 1. The third-order valence-electron chi connectivity index (χ3n) is 5.04. The van der Waals surface area contributed by atoms with E-state index in [1.54, 1.807) is 11.6 Å². The summed E-state index contributed by atoms with van der Waals surface area (Å²) >= 11 is 0. The van der Waals surface area contributed by atoms with Crippen LogP contribution in [-0.2, 0) is 4.79 Å². The van der Waals surface area contributed by atoms with Crippen LogP contribution in [-0.4, -0.2) is 6.29 Å². The van der Waals surface area contributed by atoms with Crippen molar-refractivity contribution >= 4 is 6.29 Å². The lowest BCUT2D eigenvalue weighted by molar-refractivity contribution is -0.104. The summed E-state index contributed by atoms with van der Waals surface area (Å²) in [6, 6.07) is 0. The zero-order valence-electron chi connectivity index (χ0n) is 14.2. The van der Waals surface area contributed by atoms with Gasteiger partial charge in [-0.15, -0.1) is 0 Å². The highest BCUT2D eigenvalue weighted by Gasteiger charge is 2.31. The lowest BCUT2D eigenvalue weighted by Gasteiger charge is -2.33. The summed E-state index contributed by atoms with van der Waals surface area (Å²) < 4.78 is 0. The molecule has 2 aliphatic rings. The van der Waals surface area contributed by atoms with E-state index in [0.717, 1.165) is 11.9 Å². The molecule has 2 aliphatic carbocycles. The average molecular weight is 296 g/mol. The van der Waals surface area contributed by atoms with E-state index in [1.807, 2.05) is 19.1 Å². The molecule has 1 nitrogen and oxygen atoms in total. The smallest absolute Gasteiger partial charge is 0.143 e. The van der Waals surface area contributed by atoms with Crippen LogP contribution in [0.15, 0.2) is 58.7 Å². The number of carbonyl (C=O) groups excluding carboxylic acids is 1. The molecule has 1 heteroatoms. The second-order valence-electron chi connectivity index (χ2n) is 6.89. The summed E-state index contributed by atoms with van der Waals surface area (Å²) in [5.74, 6) is 0. The molecule has 1 atom stereocenters. The fourth-order valence-corrected chi connectivity index (χ4v) is 3.50. The molecule has 0 fully saturated rings. The van der Waals surface area contributed by atoms with E-state index in [0.29, 0.717) is 5.41 Å². The topological polar surface area (TPSA) is 17.1 Å². The summed E-state index contributed by atoms with van der Waals surface area (Å²) in [5.41, 5.74) is 5.75. The first-order valence-corrected chi connectivity index (χ1v) is 8.44. The first-order valence-electron chi connectivity index (χ1n) is 8.44. The molecule has 0 saturated heterocycles. The lowest BCUT2D eigenvalue weighted by atomic mass is 9.72. The molecule has 22 heavy (non-hydrogen) atoms. The summed E-state index contributed by atoms with van der Waals surface area (Å²) in [6.45, 7) is 6.57. The van der Waals surface area contributed by atoms with Crippen LogP contribution in [0.3, 0.4) is 0 Å². The summed E-state index contributed by atoms with van der Waals surface area (Å²) in [7, 11) is 0. The maximum absolute atomic E-state index is 10.4. The highest BCUT2D eigenvalue weighted by molar-refractivity contribution is 5.67. The van der Waals surface area contributed by atoms with E-state index in [4.69, 9.17) is 0 Å². The first kappa shape index (κ1) is 16.7. The predicted octanol–water partition coefficient (Wildman–Crippen LogP) is 5.86. The van der Waals surface area contributed by atoms with Gasteiger partial charge in [-0.05, 0) is 86.2 Å². The van der Waals surface area contributed by atoms with Crippen LogP contribution in [0, 0.1) is 5.41 Å². The Morgan fingerprint density at radius 1 is 1.18 bits per heavy atom. The summed E-state index contributed by atoms with van der Waals surface area (Å²) in [4.78, 5) is 10.4. The van der Waals surface area contributed by atoms with Gasteiger partial charge in [-0.1, -0.05) is 37.3 Å². The molecule has 118 valence electrons. The van der Waals surface area contributed by atoms with Gasteiger partial charge in [0.2, 0.25) is 0 Å². The third-order valence-corrected chi connectivity index (χ3v) is 5.04. The molecule has 0 aliphatic heterocycles. The zero-order valence-corrected chi connectivity index (χ0v) is 14.2. The van der Waals surface area contributed by atoms with E-state index in [-0.39, 0.29) is 0 Å². The molecular formula is C21H28O. The molecular weight excluding hydrogens is 268 g/mol. The van der Waals surface area contributed by atoms with Crippen LogP contribution >= 0.6 is 0 Å². The van der Waals surface area contributed by atoms with E-state index in [2.05, 4.69) is 32.1 Å². The molecule has 0 radical (unpaired) electrons. The van der Waals surface area contributed by atoms with Gasteiger partial charge in [0.1, 0.15) is 6.29 Å². The Balaban J connectivity index is 2.18. The molecule has 0 aromatic carbocycles. The molecule has 0 spiro atoms. The molecule has 0 saturated carbocycles. The van der Waals surface area contributed by atoms with Crippen LogP contribution < -0.4 is 0 Å². The maximum Gasteiger partial charge on any atom is 0.143 e. The van der Waals surface area contributed by atoms with Gasteiger partial charge in [0.25, 0.3) is 0 Å². The molecule has 0 N–H and O–H groups in total. The second-order valence-corrected chi connectivity index (χ2v) is 6.89. The Bertz CT molecular complexity index is 569. The lowest BCUT2D eigenvalue weighted by Crippen LogP contribution is -2.20. The highest BCUT2D eigenvalue weighted by atomic mass is 16.1. The number of carbonyl (C=O) groups is 1. The average Bonchev–Trinajstić information content (AvgIpc) is 2.66. The normalized spacial score (nSPS) is 27.0. The van der Waals surface area contributed by atoms with Crippen molar-refractivity contribution in [1.29, 1.82) is 0 Å². The predicted molar refractivity (Wildman–Crippen MR) is 94.7 cm³/mol. The second kappa shape index (κ2) is 7.58. The number of rotatable bonds is 4. The van der Waals surface area contributed by atoms with Gasteiger partial charge in [-0.3, -0.25) is 4.79 Å². The zero-order chi connectivity index (χ0) is 16.0. The van der Waals surface area contributed by atoms with E-state index < -0.39 is 0 Å². The van der Waals surface area contributed by atoms with Crippen molar-refractivity contribution in [3.63, 3.8) is 0 Å². The van der Waals surface area contributed by atoms with Crippen molar-refractivity contribution in [3.8, 4) is 0 Å². The number of hydrogen-bond acceptors (Lipinski definition) is 1. The Labute approximate surface area is 135 Å². The summed E-state index contributed by atoms with van der Waals surface area (Å²) in [5, 5.41) is 0. The van der Waals surface area contributed by atoms with Crippen molar-refractivity contribution in [2.45, 2.75) is 59.3 Å². The van der Waals surface area contributed by atoms with Gasteiger partial charge in [0.15, 0.2) is 0 Å². The van der Waals surface area contributed by atoms with Crippen LogP contribution in [0.25, 0.3) is 0 Å². The van der Waals surface area contributed by atoms with Crippen molar-refractivity contribution in [2.75, 3.05) is 0 Å². The molecule has 0 aromatic heterocycles. The van der Waals surface area contributed by atoms with Gasteiger partial charge >= 0.3 is 0 Å². The maximum atomic E-state index is 10.4. The van der Waals surface area contributed by atoms with Crippen molar-refractivity contribution < 1.29 is 4.79 Å². The SMILES string of the molecule is CC(/C=C/C=C(\C)C1=CC2=CCCC[C@]2(C)CCC1)=C\C=O.